The summed E-state index contributed by atoms with van der Waals surface area (Å²) in [6.45, 7) is 2.85. The molecule has 0 radical (unpaired) electrons. The lowest BCUT2D eigenvalue weighted by Crippen LogP contribution is -2.32. The molecular weight excluding hydrogens is 262 g/mol. The Hall–Kier alpha value is -2.13. The van der Waals surface area contributed by atoms with E-state index in [1.807, 2.05) is 48.5 Å². The fourth-order valence-electron chi connectivity index (χ4n) is 2.29. The van der Waals surface area contributed by atoms with Gasteiger partial charge in [-0.15, -0.1) is 0 Å². The van der Waals surface area contributed by atoms with E-state index in [2.05, 4.69) is 24.4 Å². The molecule has 0 aliphatic carbocycles. The summed E-state index contributed by atoms with van der Waals surface area (Å²) in [4.78, 5) is 12.0. The molecule has 110 valence electrons. The standard InChI is InChI=1S/C18H21NO2/c1-14(15-9-5-3-6-10-15)13-19-17(18(20)21-2)16-11-7-4-8-12-16/h3-12,14,17,19H,13H2,1-2H3. The van der Waals surface area contributed by atoms with Gasteiger partial charge >= 0.3 is 5.97 Å². The maximum absolute atomic E-state index is 12.0. The van der Waals surface area contributed by atoms with Crippen molar-refractivity contribution < 1.29 is 9.53 Å². The highest BCUT2D eigenvalue weighted by atomic mass is 16.5. The van der Waals surface area contributed by atoms with Crippen LogP contribution in [0.1, 0.15) is 30.0 Å². The van der Waals surface area contributed by atoms with Crippen LogP contribution in [0.2, 0.25) is 0 Å². The van der Waals surface area contributed by atoms with Gasteiger partial charge in [0.15, 0.2) is 0 Å². The van der Waals surface area contributed by atoms with Gasteiger partial charge in [0.2, 0.25) is 0 Å². The van der Waals surface area contributed by atoms with Gasteiger partial charge in [-0.05, 0) is 17.0 Å². The lowest BCUT2D eigenvalue weighted by Gasteiger charge is -2.20. The van der Waals surface area contributed by atoms with Crippen molar-refractivity contribution in [2.45, 2.75) is 18.9 Å². The number of rotatable bonds is 6. The summed E-state index contributed by atoms with van der Waals surface area (Å²) in [6.07, 6.45) is 0. The minimum Gasteiger partial charge on any atom is -0.468 e. The van der Waals surface area contributed by atoms with Gasteiger partial charge < -0.3 is 10.1 Å². The Morgan fingerprint density at radius 2 is 1.52 bits per heavy atom. The normalized spacial score (nSPS) is 13.4. The smallest absolute Gasteiger partial charge is 0.327 e. The van der Waals surface area contributed by atoms with E-state index in [1.165, 1.54) is 12.7 Å². The molecule has 2 aromatic rings. The van der Waals surface area contributed by atoms with E-state index >= 15 is 0 Å². The minimum absolute atomic E-state index is 0.263. The van der Waals surface area contributed by atoms with Crippen molar-refractivity contribution in [3.05, 3.63) is 71.8 Å². The highest BCUT2D eigenvalue weighted by Crippen LogP contribution is 2.18. The average molecular weight is 283 g/mol. The Bertz CT molecular complexity index is 554. The topological polar surface area (TPSA) is 38.3 Å². The zero-order valence-electron chi connectivity index (χ0n) is 12.5. The van der Waals surface area contributed by atoms with Gasteiger partial charge in [-0.2, -0.15) is 0 Å². The molecule has 2 aromatic carbocycles. The van der Waals surface area contributed by atoms with Crippen LogP contribution in [0.25, 0.3) is 0 Å². The number of hydrogen-bond acceptors (Lipinski definition) is 3. The number of nitrogens with one attached hydrogen (secondary N) is 1. The van der Waals surface area contributed by atoms with Gasteiger partial charge in [-0.1, -0.05) is 67.6 Å². The summed E-state index contributed by atoms with van der Waals surface area (Å²) >= 11 is 0. The van der Waals surface area contributed by atoms with Gasteiger partial charge in [0.25, 0.3) is 0 Å². The fourth-order valence-corrected chi connectivity index (χ4v) is 2.29. The number of methoxy groups -OCH3 is 1. The molecule has 0 amide bonds. The maximum atomic E-state index is 12.0. The Kier molecular flexibility index (Phi) is 5.52. The molecule has 2 atom stereocenters. The summed E-state index contributed by atoms with van der Waals surface area (Å²) in [5.74, 6) is 0.0588. The van der Waals surface area contributed by atoms with E-state index in [1.54, 1.807) is 0 Å². The second-order valence-corrected chi connectivity index (χ2v) is 5.09. The van der Waals surface area contributed by atoms with E-state index in [0.29, 0.717) is 12.5 Å². The maximum Gasteiger partial charge on any atom is 0.327 e. The summed E-state index contributed by atoms with van der Waals surface area (Å²) in [7, 11) is 1.42. The molecule has 0 aromatic heterocycles. The summed E-state index contributed by atoms with van der Waals surface area (Å²) in [6, 6.07) is 19.5. The molecule has 0 heterocycles. The van der Waals surface area contributed by atoms with Crippen LogP contribution < -0.4 is 5.32 Å². The molecule has 0 saturated carbocycles. The van der Waals surface area contributed by atoms with Crippen molar-refractivity contribution in [1.82, 2.24) is 5.32 Å². The van der Waals surface area contributed by atoms with Gasteiger partial charge in [0.05, 0.1) is 7.11 Å². The number of carbonyl (C=O) groups is 1. The predicted molar refractivity (Wildman–Crippen MR) is 84.1 cm³/mol. The first-order chi connectivity index (χ1) is 10.2. The highest BCUT2D eigenvalue weighted by Gasteiger charge is 2.21. The second kappa shape index (κ2) is 7.60. The Morgan fingerprint density at radius 1 is 1.00 bits per heavy atom. The van der Waals surface area contributed by atoms with Crippen LogP contribution in [0.4, 0.5) is 0 Å². The lowest BCUT2D eigenvalue weighted by molar-refractivity contribution is -0.143. The minimum atomic E-state index is -0.428. The third-order valence-electron chi connectivity index (χ3n) is 3.57. The first-order valence-corrected chi connectivity index (χ1v) is 7.13. The predicted octanol–water partition coefficient (Wildman–Crippen LogP) is 3.29. The zero-order valence-corrected chi connectivity index (χ0v) is 12.5. The number of carbonyl (C=O) groups excluding carboxylic acids is 1. The van der Waals surface area contributed by atoms with Crippen LogP contribution in [0.15, 0.2) is 60.7 Å². The van der Waals surface area contributed by atoms with Gasteiger partial charge in [-0.3, -0.25) is 0 Å². The largest absolute Gasteiger partial charge is 0.468 e. The second-order valence-electron chi connectivity index (χ2n) is 5.09. The number of benzene rings is 2. The Labute approximate surface area is 126 Å². The van der Waals surface area contributed by atoms with Crippen molar-refractivity contribution in [3.63, 3.8) is 0 Å². The van der Waals surface area contributed by atoms with Crippen LogP contribution in [0.3, 0.4) is 0 Å². The van der Waals surface area contributed by atoms with Gasteiger partial charge in [-0.25, -0.2) is 4.79 Å². The van der Waals surface area contributed by atoms with E-state index in [-0.39, 0.29) is 5.97 Å². The third-order valence-corrected chi connectivity index (χ3v) is 3.57. The van der Waals surface area contributed by atoms with E-state index in [9.17, 15) is 4.79 Å². The fraction of sp³-hybridized carbons (Fsp3) is 0.278. The van der Waals surface area contributed by atoms with Crippen molar-refractivity contribution in [2.24, 2.45) is 0 Å². The summed E-state index contributed by atoms with van der Waals surface area (Å²) in [5, 5.41) is 3.31. The first-order valence-electron chi connectivity index (χ1n) is 7.13. The van der Waals surface area contributed by atoms with Crippen molar-refractivity contribution in [2.75, 3.05) is 13.7 Å². The molecule has 3 heteroatoms. The van der Waals surface area contributed by atoms with Crippen molar-refractivity contribution >= 4 is 5.97 Å². The van der Waals surface area contributed by atoms with Gasteiger partial charge in [0, 0.05) is 6.54 Å². The molecule has 2 unspecified atom stereocenters. The highest BCUT2D eigenvalue weighted by molar-refractivity contribution is 5.77. The molecule has 0 fully saturated rings. The molecule has 2 rings (SSSR count). The van der Waals surface area contributed by atoms with E-state index < -0.39 is 6.04 Å². The molecular formula is C18H21NO2. The summed E-state index contributed by atoms with van der Waals surface area (Å²) in [5.41, 5.74) is 2.17. The quantitative estimate of drug-likeness (QED) is 0.827. The molecule has 21 heavy (non-hydrogen) atoms. The van der Waals surface area contributed by atoms with Gasteiger partial charge in [0.1, 0.15) is 6.04 Å². The molecule has 1 N–H and O–H groups in total. The molecule has 0 bridgehead atoms. The van der Waals surface area contributed by atoms with Crippen LogP contribution in [-0.2, 0) is 9.53 Å². The zero-order chi connectivity index (χ0) is 15.1. The average Bonchev–Trinajstić information content (AvgIpc) is 2.56. The first kappa shape index (κ1) is 15.3. The molecule has 0 spiro atoms. The van der Waals surface area contributed by atoms with Crippen molar-refractivity contribution in [3.8, 4) is 0 Å². The van der Waals surface area contributed by atoms with Crippen LogP contribution in [0, 0.1) is 0 Å². The molecule has 0 aliphatic rings. The van der Waals surface area contributed by atoms with Crippen LogP contribution in [-0.4, -0.2) is 19.6 Å². The lowest BCUT2D eigenvalue weighted by atomic mass is 10.00. The van der Waals surface area contributed by atoms with Crippen LogP contribution >= 0.6 is 0 Å². The molecule has 0 aliphatic heterocycles. The number of esters is 1. The SMILES string of the molecule is COC(=O)C(NCC(C)c1ccccc1)c1ccccc1. The Balaban J connectivity index is 2.05. The number of ether oxygens (including phenoxy) is 1. The van der Waals surface area contributed by atoms with Crippen molar-refractivity contribution in [1.29, 1.82) is 0 Å². The Morgan fingerprint density at radius 3 is 2.05 bits per heavy atom. The summed E-state index contributed by atoms with van der Waals surface area (Å²) < 4.78 is 4.90. The number of hydrogen-bond donors (Lipinski definition) is 1. The monoisotopic (exact) mass is 283 g/mol. The third kappa shape index (κ3) is 4.17. The molecule has 0 saturated heterocycles. The molecule has 3 nitrogen and oxygen atoms in total. The van der Waals surface area contributed by atoms with E-state index in [0.717, 1.165) is 5.56 Å². The van der Waals surface area contributed by atoms with Crippen LogP contribution in [0.5, 0.6) is 0 Å². The van der Waals surface area contributed by atoms with E-state index in [4.69, 9.17) is 4.74 Å².